The number of nitrogens with one attached hydrogen (secondary N) is 1. The summed E-state index contributed by atoms with van der Waals surface area (Å²) in [5.41, 5.74) is -0.207. The van der Waals surface area contributed by atoms with Crippen LogP contribution in [0.2, 0.25) is 0 Å². The average molecular weight is 337 g/mol. The molecule has 0 unspecified atom stereocenters. The molecule has 0 bridgehead atoms. The molecule has 1 saturated heterocycles. The fraction of sp³-hybridized carbons (Fsp3) is 0.467. The average Bonchev–Trinajstić information content (AvgIpc) is 3.26. The molecule has 0 spiro atoms. The van der Waals surface area contributed by atoms with Crippen LogP contribution >= 0.6 is 22.7 Å². The molecule has 1 amide bonds. The third-order valence-corrected chi connectivity index (χ3v) is 5.46. The highest BCUT2D eigenvalue weighted by Gasteiger charge is 2.33. The Morgan fingerprint density at radius 1 is 1.59 bits per heavy atom. The first-order chi connectivity index (χ1) is 10.6. The zero-order valence-electron chi connectivity index (χ0n) is 12.4. The molecule has 0 saturated carbocycles. The molecule has 0 radical (unpaired) electrons. The lowest BCUT2D eigenvalue weighted by Crippen LogP contribution is -2.47. The van der Waals surface area contributed by atoms with Gasteiger partial charge in [0.2, 0.25) is 5.91 Å². The molecule has 1 fully saturated rings. The number of amides is 1. The van der Waals surface area contributed by atoms with Crippen LogP contribution in [0.4, 0.5) is 5.13 Å². The fourth-order valence-corrected chi connectivity index (χ4v) is 4.18. The maximum atomic E-state index is 12.5. The molecule has 1 aliphatic heterocycles. The Bertz CT molecular complexity index is 611. The van der Waals surface area contributed by atoms with Crippen molar-refractivity contribution in [1.82, 2.24) is 10.3 Å². The van der Waals surface area contributed by atoms with Gasteiger partial charge in [-0.25, -0.2) is 4.98 Å². The Hall–Kier alpha value is -1.44. The molecular weight excluding hydrogens is 318 g/mol. The van der Waals surface area contributed by atoms with E-state index in [2.05, 4.69) is 15.2 Å². The van der Waals surface area contributed by atoms with E-state index in [4.69, 9.17) is 0 Å². The summed E-state index contributed by atoms with van der Waals surface area (Å²) in [6.07, 6.45) is 3.57. The van der Waals surface area contributed by atoms with Crippen LogP contribution in [-0.2, 0) is 10.4 Å². The lowest BCUT2D eigenvalue weighted by Gasteiger charge is -2.27. The highest BCUT2D eigenvalue weighted by molar-refractivity contribution is 7.13. The topological polar surface area (TPSA) is 65.5 Å². The second kappa shape index (κ2) is 6.36. The van der Waals surface area contributed by atoms with Gasteiger partial charge in [0.1, 0.15) is 11.6 Å². The van der Waals surface area contributed by atoms with E-state index in [1.54, 1.807) is 24.5 Å². The molecule has 5 nitrogen and oxygen atoms in total. The molecule has 0 aliphatic carbocycles. The number of anilines is 1. The predicted octanol–water partition coefficient (Wildman–Crippen LogP) is 2.20. The summed E-state index contributed by atoms with van der Waals surface area (Å²) >= 11 is 3.09. The molecular formula is C15H19N3O2S2. The number of hydrogen-bond donors (Lipinski definition) is 2. The maximum Gasteiger partial charge on any atom is 0.242 e. The van der Waals surface area contributed by atoms with Gasteiger partial charge >= 0.3 is 0 Å². The van der Waals surface area contributed by atoms with E-state index in [1.165, 1.54) is 11.3 Å². The molecule has 0 aromatic carbocycles. The van der Waals surface area contributed by atoms with Gasteiger partial charge in [0, 0.05) is 18.1 Å². The largest absolute Gasteiger partial charge is 0.384 e. The smallest absolute Gasteiger partial charge is 0.242 e. The van der Waals surface area contributed by atoms with Gasteiger partial charge in [0.25, 0.3) is 0 Å². The van der Waals surface area contributed by atoms with Crippen molar-refractivity contribution < 1.29 is 9.90 Å². The second-order valence-electron chi connectivity index (χ2n) is 5.67. The summed E-state index contributed by atoms with van der Waals surface area (Å²) in [5, 5.41) is 20.0. The highest BCUT2D eigenvalue weighted by Crippen LogP contribution is 2.27. The van der Waals surface area contributed by atoms with Crippen molar-refractivity contribution in [1.29, 1.82) is 0 Å². The van der Waals surface area contributed by atoms with Gasteiger partial charge in [0.05, 0.1) is 6.54 Å². The first-order valence-corrected chi connectivity index (χ1v) is 9.09. The summed E-state index contributed by atoms with van der Waals surface area (Å²) < 4.78 is 0. The molecule has 2 aromatic heterocycles. The number of rotatable bonds is 5. The number of hydrogen-bond acceptors (Lipinski definition) is 6. The molecule has 2 N–H and O–H groups in total. The zero-order valence-corrected chi connectivity index (χ0v) is 14.0. The lowest BCUT2D eigenvalue weighted by atomic mass is 9.99. The standard InChI is InChI=1S/C15H19N3O2S2/c1-15(20,11-4-7-21-9-11)10-17-13(19)12-3-2-6-18(12)14-16-5-8-22-14/h4-5,7-9,12,20H,2-3,6,10H2,1H3,(H,17,19)/t12-,15+/m0/s1. The predicted molar refractivity (Wildman–Crippen MR) is 89.4 cm³/mol. The van der Waals surface area contributed by atoms with Crippen LogP contribution in [0.1, 0.15) is 25.3 Å². The van der Waals surface area contributed by atoms with Crippen LogP contribution in [0, 0.1) is 0 Å². The van der Waals surface area contributed by atoms with Crippen molar-refractivity contribution in [2.24, 2.45) is 0 Å². The quantitative estimate of drug-likeness (QED) is 0.878. The van der Waals surface area contributed by atoms with Crippen molar-refractivity contribution in [3.8, 4) is 0 Å². The van der Waals surface area contributed by atoms with Crippen LogP contribution in [0.15, 0.2) is 28.4 Å². The second-order valence-corrected chi connectivity index (χ2v) is 7.32. The first kappa shape index (κ1) is 15.5. The molecule has 118 valence electrons. The van der Waals surface area contributed by atoms with E-state index < -0.39 is 5.60 Å². The minimum absolute atomic E-state index is 0.0387. The first-order valence-electron chi connectivity index (χ1n) is 7.27. The Balaban J connectivity index is 1.62. The molecule has 1 aliphatic rings. The maximum absolute atomic E-state index is 12.5. The Morgan fingerprint density at radius 2 is 2.45 bits per heavy atom. The van der Waals surface area contributed by atoms with E-state index >= 15 is 0 Å². The third kappa shape index (κ3) is 3.16. The van der Waals surface area contributed by atoms with Crippen molar-refractivity contribution in [3.05, 3.63) is 34.0 Å². The van der Waals surface area contributed by atoms with Gasteiger partial charge in [-0.3, -0.25) is 4.79 Å². The van der Waals surface area contributed by atoms with E-state index in [-0.39, 0.29) is 18.5 Å². The SMILES string of the molecule is C[C@@](O)(CNC(=O)[C@@H]1CCCN1c1nccs1)c1ccsc1. The number of nitrogens with zero attached hydrogens (tertiary/aromatic N) is 2. The number of carbonyl (C=O) groups is 1. The number of thiophene rings is 1. The highest BCUT2D eigenvalue weighted by atomic mass is 32.1. The zero-order chi connectivity index (χ0) is 15.6. The van der Waals surface area contributed by atoms with Crippen LogP contribution in [0.3, 0.4) is 0 Å². The molecule has 22 heavy (non-hydrogen) atoms. The number of aromatic nitrogens is 1. The summed E-state index contributed by atoms with van der Waals surface area (Å²) in [6, 6.07) is 1.69. The van der Waals surface area contributed by atoms with Gasteiger partial charge in [-0.15, -0.1) is 11.3 Å². The monoisotopic (exact) mass is 337 g/mol. The molecule has 2 aromatic rings. The van der Waals surface area contributed by atoms with E-state index in [0.717, 1.165) is 30.1 Å². The Labute approximate surface area is 137 Å². The van der Waals surface area contributed by atoms with Crippen LogP contribution in [-0.4, -0.2) is 35.1 Å². The Morgan fingerprint density at radius 3 is 3.14 bits per heavy atom. The summed E-state index contributed by atoms with van der Waals surface area (Å²) in [5.74, 6) is -0.0387. The van der Waals surface area contributed by atoms with E-state index in [9.17, 15) is 9.90 Å². The van der Waals surface area contributed by atoms with Crippen LogP contribution in [0.5, 0.6) is 0 Å². The third-order valence-electron chi connectivity index (χ3n) is 3.97. The summed E-state index contributed by atoms with van der Waals surface area (Å²) in [4.78, 5) is 18.8. The number of carbonyl (C=O) groups excluding carboxylic acids is 1. The van der Waals surface area contributed by atoms with Gasteiger partial charge in [-0.2, -0.15) is 11.3 Å². The van der Waals surface area contributed by atoms with Gasteiger partial charge in [0.15, 0.2) is 5.13 Å². The van der Waals surface area contributed by atoms with Crippen LogP contribution in [0.25, 0.3) is 0 Å². The molecule has 3 rings (SSSR count). The summed E-state index contributed by atoms with van der Waals surface area (Å²) in [6.45, 7) is 2.79. The molecule has 7 heteroatoms. The lowest BCUT2D eigenvalue weighted by molar-refractivity contribution is -0.123. The number of thiazole rings is 1. The van der Waals surface area contributed by atoms with E-state index in [1.807, 2.05) is 22.2 Å². The van der Waals surface area contributed by atoms with Crippen LogP contribution < -0.4 is 10.2 Å². The van der Waals surface area contributed by atoms with Gasteiger partial charge in [-0.1, -0.05) is 0 Å². The molecule has 2 atom stereocenters. The minimum atomic E-state index is -1.04. The minimum Gasteiger partial charge on any atom is -0.384 e. The number of aliphatic hydroxyl groups is 1. The van der Waals surface area contributed by atoms with Crippen molar-refractivity contribution in [3.63, 3.8) is 0 Å². The molecule has 3 heterocycles. The van der Waals surface area contributed by atoms with Gasteiger partial charge < -0.3 is 15.3 Å². The summed E-state index contributed by atoms with van der Waals surface area (Å²) in [7, 11) is 0. The van der Waals surface area contributed by atoms with Gasteiger partial charge in [-0.05, 0) is 42.2 Å². The van der Waals surface area contributed by atoms with Crippen molar-refractivity contribution in [2.45, 2.75) is 31.4 Å². The Kier molecular flexibility index (Phi) is 4.46. The van der Waals surface area contributed by atoms with Crippen molar-refractivity contribution in [2.75, 3.05) is 18.0 Å². The normalized spacial score (nSPS) is 20.8. The van der Waals surface area contributed by atoms with E-state index in [0.29, 0.717) is 0 Å². The fourth-order valence-electron chi connectivity index (χ4n) is 2.68. The van der Waals surface area contributed by atoms with Crippen molar-refractivity contribution >= 4 is 33.7 Å².